The Morgan fingerprint density at radius 2 is 1.69 bits per heavy atom. The Morgan fingerprint density at radius 3 is 2.39 bits per heavy atom. The molecule has 36 heavy (non-hydrogen) atoms. The SMILES string of the molecule is CC[C@H](CC[C@@H](C)[C@H]1CCC2C3CCC4C[C@@H](OC(=O)NCCO)CC[C@]4(C)C3CC[C@@]21C)C(C)C. The highest BCUT2D eigenvalue weighted by atomic mass is 16.6. The summed E-state index contributed by atoms with van der Waals surface area (Å²) in [5.74, 6) is 6.86. The topological polar surface area (TPSA) is 58.6 Å². The van der Waals surface area contributed by atoms with E-state index in [1.165, 1.54) is 64.2 Å². The highest BCUT2D eigenvalue weighted by Gasteiger charge is 2.60. The van der Waals surface area contributed by atoms with Gasteiger partial charge in [0.1, 0.15) is 6.10 Å². The minimum atomic E-state index is -0.357. The van der Waals surface area contributed by atoms with E-state index in [4.69, 9.17) is 9.84 Å². The lowest BCUT2D eigenvalue weighted by molar-refractivity contribution is -0.129. The van der Waals surface area contributed by atoms with Gasteiger partial charge in [-0.2, -0.15) is 0 Å². The first-order valence-electron chi connectivity index (χ1n) is 15.7. The van der Waals surface area contributed by atoms with Gasteiger partial charge >= 0.3 is 6.09 Å². The summed E-state index contributed by atoms with van der Waals surface area (Å²) in [7, 11) is 0. The van der Waals surface area contributed by atoms with E-state index in [1.807, 2.05) is 0 Å². The lowest BCUT2D eigenvalue weighted by atomic mass is 9.44. The highest BCUT2D eigenvalue weighted by Crippen LogP contribution is 2.68. The Labute approximate surface area is 222 Å². The largest absolute Gasteiger partial charge is 0.446 e. The van der Waals surface area contributed by atoms with Gasteiger partial charge in [0.05, 0.1) is 6.61 Å². The van der Waals surface area contributed by atoms with Crippen LogP contribution in [0.4, 0.5) is 4.79 Å². The second kappa shape index (κ2) is 11.5. The lowest BCUT2D eigenvalue weighted by Gasteiger charge is -2.61. The van der Waals surface area contributed by atoms with Crippen molar-refractivity contribution in [1.82, 2.24) is 5.32 Å². The normalized spacial score (nSPS) is 41.7. The van der Waals surface area contributed by atoms with Crippen LogP contribution in [0.3, 0.4) is 0 Å². The number of nitrogens with one attached hydrogen (secondary N) is 1. The molecule has 4 unspecified atom stereocenters. The summed E-state index contributed by atoms with van der Waals surface area (Å²) in [6, 6.07) is 0. The second-order valence-corrected chi connectivity index (χ2v) is 14.3. The van der Waals surface area contributed by atoms with E-state index in [0.717, 1.165) is 54.3 Å². The molecule has 0 radical (unpaired) electrons. The summed E-state index contributed by atoms with van der Waals surface area (Å²) >= 11 is 0. The van der Waals surface area contributed by atoms with Gasteiger partial charge in [0, 0.05) is 6.54 Å². The number of hydrogen-bond acceptors (Lipinski definition) is 3. The molecule has 0 spiro atoms. The van der Waals surface area contributed by atoms with Gasteiger partial charge in [-0.05, 0) is 122 Å². The average molecular weight is 504 g/mol. The molecule has 4 aliphatic carbocycles. The molecule has 0 aromatic heterocycles. The third kappa shape index (κ3) is 5.36. The van der Waals surface area contributed by atoms with Crippen molar-refractivity contribution < 1.29 is 14.6 Å². The molecular formula is C32H57NO3. The van der Waals surface area contributed by atoms with E-state index in [1.54, 1.807) is 0 Å². The molecule has 4 heteroatoms. The quantitative estimate of drug-likeness (QED) is 0.337. The number of alkyl carbamates (subject to hydrolysis) is 1. The predicted molar refractivity (Wildman–Crippen MR) is 148 cm³/mol. The summed E-state index contributed by atoms with van der Waals surface area (Å²) in [4.78, 5) is 12.1. The Morgan fingerprint density at radius 1 is 0.972 bits per heavy atom. The fourth-order valence-electron chi connectivity index (χ4n) is 10.3. The van der Waals surface area contributed by atoms with Gasteiger partial charge in [0.2, 0.25) is 0 Å². The van der Waals surface area contributed by atoms with Crippen molar-refractivity contribution in [2.24, 2.45) is 58.2 Å². The summed E-state index contributed by atoms with van der Waals surface area (Å²) in [6.45, 7) is 15.3. The number of aliphatic hydroxyl groups excluding tert-OH is 1. The summed E-state index contributed by atoms with van der Waals surface area (Å²) in [5.41, 5.74) is 0.968. The van der Waals surface area contributed by atoms with E-state index in [9.17, 15) is 4.79 Å². The van der Waals surface area contributed by atoms with Crippen LogP contribution in [0.15, 0.2) is 0 Å². The molecule has 0 aliphatic heterocycles. The van der Waals surface area contributed by atoms with Crippen LogP contribution in [-0.4, -0.2) is 30.5 Å². The molecule has 4 nitrogen and oxygen atoms in total. The van der Waals surface area contributed by atoms with Crippen LogP contribution in [0.5, 0.6) is 0 Å². The molecule has 208 valence electrons. The minimum Gasteiger partial charge on any atom is -0.446 e. The van der Waals surface area contributed by atoms with Crippen molar-refractivity contribution in [2.45, 2.75) is 125 Å². The molecule has 0 saturated heterocycles. The van der Waals surface area contributed by atoms with Crippen LogP contribution < -0.4 is 5.32 Å². The van der Waals surface area contributed by atoms with Crippen LogP contribution in [-0.2, 0) is 4.74 Å². The molecule has 4 fully saturated rings. The standard InChI is InChI=1S/C32H57NO3/c1-7-23(21(2)3)9-8-22(4)27-12-13-28-26-11-10-24-20-25(36-30(35)33-18-19-34)14-16-31(24,5)29(26)15-17-32(27,28)6/h21-29,34H,7-20H2,1-6H3,(H,33,35)/t22-,23-,24?,25+,26?,27-,28?,29?,31+,32-/m1/s1. The first-order valence-corrected chi connectivity index (χ1v) is 15.7. The van der Waals surface area contributed by atoms with Crippen molar-refractivity contribution in [2.75, 3.05) is 13.2 Å². The van der Waals surface area contributed by atoms with Gasteiger partial charge in [0.25, 0.3) is 0 Å². The van der Waals surface area contributed by atoms with Crippen LogP contribution >= 0.6 is 0 Å². The van der Waals surface area contributed by atoms with Gasteiger partial charge in [-0.15, -0.1) is 0 Å². The number of hydrogen-bond donors (Lipinski definition) is 2. The molecular weight excluding hydrogens is 446 g/mol. The second-order valence-electron chi connectivity index (χ2n) is 14.3. The molecule has 2 N–H and O–H groups in total. The van der Waals surface area contributed by atoms with E-state index >= 15 is 0 Å². The minimum absolute atomic E-state index is 0.0412. The maximum atomic E-state index is 12.1. The van der Waals surface area contributed by atoms with Crippen molar-refractivity contribution in [3.8, 4) is 0 Å². The lowest BCUT2D eigenvalue weighted by Crippen LogP contribution is -2.54. The maximum absolute atomic E-state index is 12.1. The summed E-state index contributed by atoms with van der Waals surface area (Å²) in [6.07, 6.45) is 15.6. The molecule has 0 heterocycles. The smallest absolute Gasteiger partial charge is 0.407 e. The number of rotatable bonds is 9. The predicted octanol–water partition coefficient (Wildman–Crippen LogP) is 7.83. The average Bonchev–Trinajstić information content (AvgIpc) is 3.20. The Balaban J connectivity index is 1.38. The number of ether oxygens (including phenoxy) is 1. The van der Waals surface area contributed by atoms with Gasteiger partial charge < -0.3 is 15.2 Å². The van der Waals surface area contributed by atoms with Crippen molar-refractivity contribution >= 4 is 6.09 Å². The zero-order valence-electron chi connectivity index (χ0n) is 24.4. The molecule has 0 bridgehead atoms. The van der Waals surface area contributed by atoms with Crippen LogP contribution in [0.2, 0.25) is 0 Å². The molecule has 4 saturated carbocycles. The molecule has 10 atom stereocenters. The monoisotopic (exact) mass is 503 g/mol. The van der Waals surface area contributed by atoms with E-state index < -0.39 is 0 Å². The van der Waals surface area contributed by atoms with E-state index in [-0.39, 0.29) is 25.3 Å². The molecule has 1 amide bonds. The number of carbonyl (C=O) groups excluding carboxylic acids is 1. The van der Waals surface area contributed by atoms with Gasteiger partial charge in [0.15, 0.2) is 0 Å². The van der Waals surface area contributed by atoms with Gasteiger partial charge in [-0.3, -0.25) is 0 Å². The third-order valence-corrected chi connectivity index (χ3v) is 12.5. The first kappa shape index (κ1) is 28.2. The van der Waals surface area contributed by atoms with Gasteiger partial charge in [-0.1, -0.05) is 54.4 Å². The van der Waals surface area contributed by atoms with E-state index in [0.29, 0.717) is 16.7 Å². The van der Waals surface area contributed by atoms with E-state index in [2.05, 4.69) is 46.9 Å². The third-order valence-electron chi connectivity index (χ3n) is 12.5. The first-order chi connectivity index (χ1) is 17.1. The van der Waals surface area contributed by atoms with Crippen molar-refractivity contribution in [1.29, 1.82) is 0 Å². The maximum Gasteiger partial charge on any atom is 0.407 e. The molecule has 0 aromatic rings. The molecule has 4 rings (SSSR count). The van der Waals surface area contributed by atoms with Crippen molar-refractivity contribution in [3.63, 3.8) is 0 Å². The fourth-order valence-corrected chi connectivity index (χ4v) is 10.3. The van der Waals surface area contributed by atoms with Crippen LogP contribution in [0.1, 0.15) is 119 Å². The molecule has 0 aromatic carbocycles. The van der Waals surface area contributed by atoms with Gasteiger partial charge in [-0.25, -0.2) is 4.79 Å². The fraction of sp³-hybridized carbons (Fsp3) is 0.969. The van der Waals surface area contributed by atoms with Crippen LogP contribution in [0, 0.1) is 58.2 Å². The Bertz CT molecular complexity index is 739. The summed E-state index contributed by atoms with van der Waals surface area (Å²) < 4.78 is 5.75. The number of carbonyl (C=O) groups is 1. The zero-order valence-corrected chi connectivity index (χ0v) is 24.4. The number of amides is 1. The summed E-state index contributed by atoms with van der Waals surface area (Å²) in [5, 5.41) is 11.6. The van der Waals surface area contributed by atoms with Crippen molar-refractivity contribution in [3.05, 3.63) is 0 Å². The zero-order chi connectivity index (χ0) is 26.1. The van der Waals surface area contributed by atoms with Crippen LogP contribution in [0.25, 0.3) is 0 Å². The highest BCUT2D eigenvalue weighted by molar-refractivity contribution is 5.67. The Kier molecular flexibility index (Phi) is 9.05. The Hall–Kier alpha value is -0.770. The number of aliphatic hydroxyl groups is 1. The molecule has 4 aliphatic rings. The number of fused-ring (bicyclic) bond motifs is 5.